The molecule has 0 aliphatic rings. The van der Waals surface area contributed by atoms with Crippen molar-refractivity contribution in [3.63, 3.8) is 0 Å². The van der Waals surface area contributed by atoms with Crippen LogP contribution in [0.15, 0.2) is 28.0 Å². The fraction of sp³-hybridized carbons (Fsp3) is 0. The molecule has 0 aliphatic heterocycles. The highest BCUT2D eigenvalue weighted by Crippen LogP contribution is 2.35. The van der Waals surface area contributed by atoms with Crippen LogP contribution in [0.3, 0.4) is 0 Å². The van der Waals surface area contributed by atoms with E-state index in [1.54, 1.807) is 17.4 Å². The van der Waals surface area contributed by atoms with E-state index in [0.717, 1.165) is 16.4 Å². The van der Waals surface area contributed by atoms with E-state index in [1.165, 1.54) is 0 Å². The molecule has 0 spiro atoms. The van der Waals surface area contributed by atoms with E-state index in [0.29, 0.717) is 5.76 Å². The van der Waals surface area contributed by atoms with Gasteiger partial charge in [-0.3, -0.25) is 0 Å². The minimum atomic E-state index is 0.415. The molecule has 0 aliphatic carbocycles. The smallest absolute Gasteiger partial charge is 0.482 e. The van der Waals surface area contributed by atoms with Gasteiger partial charge in [0.1, 0.15) is 22.1 Å². The van der Waals surface area contributed by atoms with Gasteiger partial charge < -0.3 is 8.21 Å². The molecule has 0 aromatic carbocycles. The Morgan fingerprint density at radius 3 is 2.85 bits per heavy atom. The molecule has 4 heteroatoms. The zero-order valence-electron chi connectivity index (χ0n) is 6.69. The Kier molecular flexibility index (Phi) is 2.45. The van der Waals surface area contributed by atoms with Gasteiger partial charge in [0.05, 0.1) is 0 Å². The fourth-order valence-corrected chi connectivity index (χ4v) is 2.11. The van der Waals surface area contributed by atoms with Gasteiger partial charge in [-0.1, -0.05) is 0 Å². The summed E-state index contributed by atoms with van der Waals surface area (Å²) in [6, 6.07) is 5.43. The summed E-state index contributed by atoms with van der Waals surface area (Å²) >= 11 is 3.76. The van der Waals surface area contributed by atoms with E-state index < -0.39 is 0 Å². The Balaban J connectivity index is 2.45. The molecule has 2 aromatic rings. The Morgan fingerprint density at radius 1 is 1.38 bits per heavy atom. The summed E-state index contributed by atoms with van der Waals surface area (Å²) in [6.07, 6.45) is 0. The molecule has 0 saturated carbocycles. The minimum Gasteiger partial charge on any atom is -0.653 e. The molecule has 4 radical (unpaired) electrons. The molecule has 0 N–H and O–H groups in total. The van der Waals surface area contributed by atoms with Crippen molar-refractivity contribution in [2.45, 2.75) is 0 Å². The predicted octanol–water partition coefficient (Wildman–Crippen LogP) is 2.53. The lowest BCUT2D eigenvalue weighted by molar-refractivity contribution is 0.558. The lowest BCUT2D eigenvalue weighted by atomic mass is 10.3. The molecule has 0 bridgehead atoms. The minimum absolute atomic E-state index is 0.415. The van der Waals surface area contributed by atoms with Gasteiger partial charge in [0.15, 0.2) is 0 Å². The molecule has 0 atom stereocenters. The number of rotatable bonds is 2. The summed E-state index contributed by atoms with van der Waals surface area (Å²) < 4.78 is 10.3. The normalized spacial score (nSPS) is 10.2. The van der Waals surface area contributed by atoms with Gasteiger partial charge in [0.2, 0.25) is 0 Å². The van der Waals surface area contributed by atoms with Crippen LogP contribution in [0.5, 0.6) is 5.75 Å². The molecule has 0 unspecified atom stereocenters. The molecule has 2 rings (SSSR count). The maximum Gasteiger partial charge on any atom is 0.482 e. The average Bonchev–Trinajstić information content (AvgIpc) is 2.71. The molecule has 2 nitrogen and oxygen atoms in total. The van der Waals surface area contributed by atoms with Crippen LogP contribution in [0.4, 0.5) is 0 Å². The van der Waals surface area contributed by atoms with E-state index >= 15 is 0 Å². The Hall–Kier alpha value is -0.688. The maximum absolute atomic E-state index is 5.47. The summed E-state index contributed by atoms with van der Waals surface area (Å²) in [5, 5.41) is 1.94. The van der Waals surface area contributed by atoms with Crippen molar-refractivity contribution in [3.05, 3.63) is 36.3 Å². The first-order valence-electron chi connectivity index (χ1n) is 3.61. The molecular weight excluding hydrogens is 199 g/mol. The van der Waals surface area contributed by atoms with Gasteiger partial charge in [0.25, 0.3) is 0 Å². The second kappa shape index (κ2) is 3.59. The van der Waals surface area contributed by atoms with Crippen LogP contribution < -0.4 is 3.79 Å². The summed E-state index contributed by atoms with van der Waals surface area (Å²) in [7, 11) is 0. The molecule has 0 fully saturated rings. The van der Waals surface area contributed by atoms with Crippen LogP contribution in [0, 0.1) is 6.92 Å². The first-order chi connectivity index (χ1) is 6.31. The van der Waals surface area contributed by atoms with Crippen molar-refractivity contribution < 1.29 is 8.21 Å². The Morgan fingerprint density at radius 2 is 2.23 bits per heavy atom. The molecule has 62 valence electrons. The maximum atomic E-state index is 5.47. The third-order valence-electron chi connectivity index (χ3n) is 1.61. The first-order valence-corrected chi connectivity index (χ1v) is 4.96. The number of hydrogen-bond acceptors (Lipinski definition) is 3. The van der Waals surface area contributed by atoms with Crippen LogP contribution in [-0.2, 0) is 0 Å². The van der Waals surface area contributed by atoms with Gasteiger partial charge in [-0.2, -0.15) is 0 Å². The quantitative estimate of drug-likeness (QED) is 0.701. The fourth-order valence-electron chi connectivity index (χ4n) is 1.04. The predicted molar refractivity (Wildman–Crippen MR) is 51.8 cm³/mol. The van der Waals surface area contributed by atoms with Crippen LogP contribution >= 0.6 is 11.3 Å². The van der Waals surface area contributed by atoms with Crippen LogP contribution in [-0.4, -0.2) is 16.6 Å². The highest BCUT2D eigenvalue weighted by molar-refractivity contribution is 7.14. The Bertz CT molecular complexity index is 405. The summed E-state index contributed by atoms with van der Waals surface area (Å²) in [5.41, 5.74) is 0. The second-order valence-electron chi connectivity index (χ2n) is 2.43. The van der Waals surface area contributed by atoms with E-state index in [1.807, 2.05) is 17.5 Å². The van der Waals surface area contributed by atoms with E-state index in [-0.39, 0.29) is 0 Å². The van der Waals surface area contributed by atoms with Crippen molar-refractivity contribution in [1.29, 1.82) is 0 Å². The SMILES string of the molecule is [CH]c1ccc(-c2sccc2[O][Al])o1. The van der Waals surface area contributed by atoms with Crippen LogP contribution in [0.2, 0.25) is 0 Å². The molecule has 0 saturated heterocycles. The molecule has 2 aromatic heterocycles. The van der Waals surface area contributed by atoms with E-state index in [9.17, 15) is 0 Å². The monoisotopic (exact) mass is 204 g/mol. The van der Waals surface area contributed by atoms with Crippen molar-refractivity contribution in [2.24, 2.45) is 0 Å². The Labute approximate surface area is 88.9 Å². The zero-order valence-corrected chi connectivity index (χ0v) is 8.66. The van der Waals surface area contributed by atoms with Crippen LogP contribution in [0.25, 0.3) is 10.6 Å². The largest absolute Gasteiger partial charge is 0.653 e. The summed E-state index contributed by atoms with van der Waals surface area (Å²) in [4.78, 5) is 0.951. The van der Waals surface area contributed by atoms with Crippen molar-refractivity contribution >= 4 is 28.0 Å². The van der Waals surface area contributed by atoms with Gasteiger partial charge in [0, 0.05) is 6.92 Å². The van der Waals surface area contributed by atoms with E-state index in [4.69, 9.17) is 15.1 Å². The third kappa shape index (κ3) is 1.66. The number of thiophene rings is 1. The second-order valence-corrected chi connectivity index (χ2v) is 3.59. The molecule has 2 heterocycles. The topological polar surface area (TPSA) is 22.4 Å². The average molecular weight is 204 g/mol. The van der Waals surface area contributed by atoms with Gasteiger partial charge in [-0.15, -0.1) is 11.3 Å². The van der Waals surface area contributed by atoms with Crippen molar-refractivity contribution in [1.82, 2.24) is 0 Å². The third-order valence-corrected chi connectivity index (χ3v) is 2.77. The molecule has 0 amide bonds. The molecular formula is C9H5AlO2S. The summed E-state index contributed by atoms with van der Waals surface area (Å²) in [5.74, 6) is 1.94. The lowest BCUT2D eigenvalue weighted by Crippen LogP contribution is -1.83. The lowest BCUT2D eigenvalue weighted by Gasteiger charge is -2.00. The first kappa shape index (κ1) is 8.89. The van der Waals surface area contributed by atoms with Crippen molar-refractivity contribution in [2.75, 3.05) is 0 Å². The highest BCUT2D eigenvalue weighted by atomic mass is 32.1. The number of hydrogen-bond donors (Lipinski definition) is 0. The van der Waals surface area contributed by atoms with E-state index in [2.05, 4.69) is 16.6 Å². The standard InChI is InChI=1S/C9H6O2S.Al/c1-6-2-3-8(11-6)9-7(10)4-5-12-9;/h1-5,10H;/q;+1/p-1. The van der Waals surface area contributed by atoms with Gasteiger partial charge in [-0.05, 0) is 23.6 Å². The van der Waals surface area contributed by atoms with Crippen LogP contribution in [0.1, 0.15) is 5.76 Å². The zero-order chi connectivity index (χ0) is 9.26. The molecule has 13 heavy (non-hydrogen) atoms. The highest BCUT2D eigenvalue weighted by Gasteiger charge is 2.09. The van der Waals surface area contributed by atoms with Gasteiger partial charge in [-0.25, -0.2) is 0 Å². The van der Waals surface area contributed by atoms with Crippen molar-refractivity contribution in [3.8, 4) is 16.4 Å². The number of furan rings is 1. The van der Waals surface area contributed by atoms with Gasteiger partial charge >= 0.3 is 16.6 Å². The summed E-state index contributed by atoms with van der Waals surface area (Å²) in [6.45, 7) is 5.47.